The quantitative estimate of drug-likeness (QED) is 0.279. The van der Waals surface area contributed by atoms with E-state index in [4.69, 9.17) is 27.9 Å². The molecule has 0 radical (unpaired) electrons. The van der Waals surface area contributed by atoms with Crippen LogP contribution < -0.4 is 5.32 Å². The highest BCUT2D eigenvalue weighted by molar-refractivity contribution is 6.30. The molecule has 4 rings (SSSR count). The molecule has 0 bridgehead atoms. The van der Waals surface area contributed by atoms with E-state index < -0.39 is 23.0 Å². The first-order chi connectivity index (χ1) is 19.3. The van der Waals surface area contributed by atoms with Gasteiger partial charge in [0.25, 0.3) is 11.8 Å². The Kier molecular flexibility index (Phi) is 9.16. The van der Waals surface area contributed by atoms with E-state index in [1.54, 1.807) is 56.6 Å². The topological polar surface area (TPSA) is 99.1 Å². The minimum absolute atomic E-state index is 0.00653. The van der Waals surface area contributed by atoms with E-state index in [2.05, 4.69) is 5.32 Å². The Bertz CT molecular complexity index is 1400. The zero-order valence-electron chi connectivity index (χ0n) is 23.7. The fourth-order valence-electron chi connectivity index (χ4n) is 4.80. The summed E-state index contributed by atoms with van der Waals surface area (Å²) < 4.78 is 6.60. The maximum absolute atomic E-state index is 13.9. The van der Waals surface area contributed by atoms with Crippen molar-refractivity contribution in [3.8, 4) is 0 Å². The van der Waals surface area contributed by atoms with Crippen molar-refractivity contribution in [2.24, 2.45) is 5.41 Å². The van der Waals surface area contributed by atoms with E-state index >= 15 is 0 Å². The molecule has 7 nitrogen and oxygen atoms in total. The monoisotopic (exact) mass is 598 g/mol. The van der Waals surface area contributed by atoms with Crippen molar-refractivity contribution in [1.29, 1.82) is 0 Å². The molecule has 0 aliphatic heterocycles. The Balaban J connectivity index is 1.81. The van der Waals surface area contributed by atoms with Gasteiger partial charge in [0, 0.05) is 47.2 Å². The number of hydrogen-bond acceptors (Lipinski definition) is 5. The van der Waals surface area contributed by atoms with E-state index in [1.165, 1.54) is 11.8 Å². The molecule has 1 unspecified atom stereocenters. The van der Waals surface area contributed by atoms with Crippen molar-refractivity contribution in [1.82, 2.24) is 10.2 Å². The first-order valence-corrected chi connectivity index (χ1v) is 14.2. The molecule has 3 aromatic rings. The number of carbonyl (C=O) groups is 2. The van der Waals surface area contributed by atoms with Crippen LogP contribution in [0, 0.1) is 5.41 Å². The third-order valence-corrected chi connectivity index (χ3v) is 8.39. The number of nitrogens with one attached hydrogen (secondary N) is 1. The van der Waals surface area contributed by atoms with Gasteiger partial charge in [-0.05, 0) is 73.7 Å². The molecule has 0 saturated heterocycles. The van der Waals surface area contributed by atoms with Gasteiger partial charge in [-0.25, -0.2) is 0 Å². The zero-order valence-corrected chi connectivity index (χ0v) is 25.2. The SMILES string of the molecule is CN(C)C(=O)C(C)(O)c1ccc([C@](C)(OCC2(CO)CC2)c2ccc(Cl)cc2)c(C(=O)NCc2ccc(Cl)cc2)c1. The maximum atomic E-state index is 13.9. The number of nitrogens with zero attached hydrogens (tertiary/aromatic N) is 1. The molecule has 9 heteroatoms. The molecule has 41 heavy (non-hydrogen) atoms. The van der Waals surface area contributed by atoms with Crippen LogP contribution in [0.3, 0.4) is 0 Å². The lowest BCUT2D eigenvalue weighted by atomic mass is 9.81. The van der Waals surface area contributed by atoms with Gasteiger partial charge in [0.05, 0.1) is 13.2 Å². The first-order valence-electron chi connectivity index (χ1n) is 13.4. The summed E-state index contributed by atoms with van der Waals surface area (Å²) in [7, 11) is 3.12. The molecule has 3 N–H and O–H groups in total. The molecule has 1 aliphatic carbocycles. The van der Waals surface area contributed by atoms with Gasteiger partial charge in [0.1, 0.15) is 5.60 Å². The van der Waals surface area contributed by atoms with Crippen molar-refractivity contribution in [2.45, 2.75) is 44.4 Å². The fraction of sp³-hybridized carbons (Fsp3) is 0.375. The normalized spacial score (nSPS) is 16.8. The number of hydrogen-bond donors (Lipinski definition) is 3. The number of carbonyl (C=O) groups excluding carboxylic acids is 2. The van der Waals surface area contributed by atoms with Crippen molar-refractivity contribution in [2.75, 3.05) is 27.3 Å². The van der Waals surface area contributed by atoms with Crippen LogP contribution in [0.2, 0.25) is 10.0 Å². The second kappa shape index (κ2) is 12.1. The van der Waals surface area contributed by atoms with E-state index in [0.717, 1.165) is 24.0 Å². The lowest BCUT2D eigenvalue weighted by Crippen LogP contribution is -2.42. The van der Waals surface area contributed by atoms with Crippen LogP contribution in [0.1, 0.15) is 59.3 Å². The van der Waals surface area contributed by atoms with E-state index in [9.17, 15) is 19.8 Å². The summed E-state index contributed by atoms with van der Waals surface area (Å²) in [5.74, 6) is -0.926. The molecule has 0 spiro atoms. The Hall–Kier alpha value is -2.94. The third-order valence-electron chi connectivity index (χ3n) is 7.88. The van der Waals surface area contributed by atoms with Gasteiger partial charge >= 0.3 is 0 Å². The third kappa shape index (κ3) is 6.76. The average Bonchev–Trinajstić information content (AvgIpc) is 3.75. The number of amides is 2. The minimum Gasteiger partial charge on any atom is -0.396 e. The number of ether oxygens (including phenoxy) is 1. The zero-order chi connectivity index (χ0) is 30.0. The summed E-state index contributed by atoms with van der Waals surface area (Å²) in [6, 6.07) is 19.3. The summed E-state index contributed by atoms with van der Waals surface area (Å²) in [4.78, 5) is 28.0. The maximum Gasteiger partial charge on any atom is 0.258 e. The van der Waals surface area contributed by atoms with Crippen LogP contribution in [0.15, 0.2) is 66.7 Å². The van der Waals surface area contributed by atoms with E-state index in [1.807, 2.05) is 31.2 Å². The highest BCUT2D eigenvalue weighted by atomic mass is 35.5. The standard InChI is InChI=1S/C32H36Cl2N2O5/c1-30(40,29(39)36(3)4)23-9-14-27(26(17-23)28(38)35-18-21-5-10-24(33)11-6-21)31(2,22-7-12-25(34)13-8-22)41-20-32(19-37)15-16-32/h5-14,17,37,40H,15-16,18-20H2,1-4H3,(H,35,38)/t30?,31-/m1/s1. The summed E-state index contributed by atoms with van der Waals surface area (Å²) in [6.07, 6.45) is 1.70. The molecule has 2 amide bonds. The number of likely N-dealkylation sites (N-methyl/N-ethyl adjacent to an activating group) is 1. The van der Waals surface area contributed by atoms with E-state index in [0.29, 0.717) is 15.6 Å². The molecule has 2 atom stereocenters. The number of rotatable bonds is 11. The van der Waals surface area contributed by atoms with Crippen LogP contribution in [0.25, 0.3) is 0 Å². The van der Waals surface area contributed by atoms with Crippen LogP contribution in [-0.2, 0) is 27.3 Å². The van der Waals surface area contributed by atoms with Gasteiger partial charge in [-0.2, -0.15) is 0 Å². The Morgan fingerprint density at radius 1 is 0.951 bits per heavy atom. The first kappa shape index (κ1) is 31.0. The average molecular weight is 600 g/mol. The van der Waals surface area contributed by atoms with Crippen molar-refractivity contribution >= 4 is 35.0 Å². The predicted molar refractivity (Wildman–Crippen MR) is 160 cm³/mol. The molecule has 0 heterocycles. The van der Waals surface area contributed by atoms with Gasteiger partial charge in [-0.15, -0.1) is 0 Å². The molecular weight excluding hydrogens is 563 g/mol. The van der Waals surface area contributed by atoms with Gasteiger partial charge < -0.3 is 25.2 Å². The lowest BCUT2D eigenvalue weighted by Gasteiger charge is -2.35. The fourth-order valence-corrected chi connectivity index (χ4v) is 5.05. The smallest absolute Gasteiger partial charge is 0.258 e. The molecule has 1 aliphatic rings. The van der Waals surface area contributed by atoms with Gasteiger partial charge in [-0.3, -0.25) is 9.59 Å². The summed E-state index contributed by atoms with van der Waals surface area (Å²) in [5.41, 5.74) is -0.653. The van der Waals surface area contributed by atoms with Crippen molar-refractivity contribution in [3.05, 3.63) is 105 Å². The number of aliphatic hydroxyl groups is 2. The predicted octanol–water partition coefficient (Wildman–Crippen LogP) is 5.27. The Labute approximate surface area is 251 Å². The molecule has 1 fully saturated rings. The summed E-state index contributed by atoms with van der Waals surface area (Å²) in [5, 5.41) is 25.3. The second-order valence-electron chi connectivity index (χ2n) is 11.3. The molecular formula is C32H36Cl2N2O5. The van der Waals surface area contributed by atoms with E-state index in [-0.39, 0.29) is 36.3 Å². The summed E-state index contributed by atoms with van der Waals surface area (Å²) >= 11 is 12.2. The molecule has 0 aromatic heterocycles. The lowest BCUT2D eigenvalue weighted by molar-refractivity contribution is -0.147. The number of benzene rings is 3. The van der Waals surface area contributed by atoms with Crippen LogP contribution in [0.4, 0.5) is 0 Å². The highest BCUT2D eigenvalue weighted by Gasteiger charge is 2.45. The molecule has 1 saturated carbocycles. The van der Waals surface area contributed by atoms with Crippen LogP contribution >= 0.6 is 23.2 Å². The minimum atomic E-state index is -1.88. The Morgan fingerprint density at radius 2 is 1.51 bits per heavy atom. The molecule has 218 valence electrons. The van der Waals surface area contributed by atoms with Gasteiger partial charge in [0.2, 0.25) is 0 Å². The van der Waals surface area contributed by atoms with Crippen molar-refractivity contribution < 1.29 is 24.5 Å². The van der Waals surface area contributed by atoms with Gasteiger partial charge in [-0.1, -0.05) is 59.6 Å². The van der Waals surface area contributed by atoms with Crippen LogP contribution in [-0.4, -0.2) is 54.2 Å². The summed E-state index contributed by atoms with van der Waals surface area (Å²) in [6.45, 7) is 3.81. The number of aliphatic hydroxyl groups excluding tert-OH is 1. The highest BCUT2D eigenvalue weighted by Crippen LogP contribution is 2.48. The Morgan fingerprint density at radius 3 is 2.05 bits per heavy atom. The molecule has 3 aromatic carbocycles. The van der Waals surface area contributed by atoms with Crippen molar-refractivity contribution in [3.63, 3.8) is 0 Å². The number of halogens is 2. The largest absolute Gasteiger partial charge is 0.396 e. The van der Waals surface area contributed by atoms with Gasteiger partial charge in [0.15, 0.2) is 5.60 Å². The van der Waals surface area contributed by atoms with Crippen LogP contribution in [0.5, 0.6) is 0 Å². The second-order valence-corrected chi connectivity index (χ2v) is 12.2.